The fourth-order valence-corrected chi connectivity index (χ4v) is 1.87. The van der Waals surface area contributed by atoms with Crippen molar-refractivity contribution in [3.8, 4) is 0 Å². The molecular formula is C12H12Cl2O4. The Labute approximate surface area is 115 Å². The van der Waals surface area contributed by atoms with Gasteiger partial charge in [0.15, 0.2) is 6.10 Å². The Kier molecular flexibility index (Phi) is 5.44. The molecule has 1 rings (SSSR count). The molecule has 1 aromatic carbocycles. The molecule has 0 aliphatic carbocycles. The van der Waals surface area contributed by atoms with Crippen LogP contribution < -0.4 is 0 Å². The minimum absolute atomic E-state index is 0.0870. The van der Waals surface area contributed by atoms with Crippen molar-refractivity contribution in [1.29, 1.82) is 0 Å². The fraction of sp³-hybridized carbons (Fsp3) is 0.333. The molecule has 1 unspecified atom stereocenters. The molecule has 98 valence electrons. The third kappa shape index (κ3) is 4.55. The molecule has 1 aromatic rings. The smallest absolute Gasteiger partial charge is 0.303 e. The van der Waals surface area contributed by atoms with E-state index < -0.39 is 18.0 Å². The van der Waals surface area contributed by atoms with Crippen molar-refractivity contribution in [2.75, 3.05) is 6.61 Å². The molecule has 0 saturated heterocycles. The fourth-order valence-electron chi connectivity index (χ4n) is 1.34. The van der Waals surface area contributed by atoms with Crippen LogP contribution in [-0.2, 0) is 19.1 Å². The van der Waals surface area contributed by atoms with Crippen molar-refractivity contribution in [3.63, 3.8) is 0 Å². The van der Waals surface area contributed by atoms with Crippen LogP contribution in [0.1, 0.15) is 25.5 Å². The Morgan fingerprint density at radius 1 is 1.22 bits per heavy atom. The maximum atomic E-state index is 11.0. The van der Waals surface area contributed by atoms with Gasteiger partial charge in [0.25, 0.3) is 0 Å². The Hall–Kier alpha value is -1.26. The van der Waals surface area contributed by atoms with Crippen molar-refractivity contribution < 1.29 is 19.1 Å². The van der Waals surface area contributed by atoms with Gasteiger partial charge in [0, 0.05) is 29.5 Å². The molecule has 0 bridgehead atoms. The molecule has 0 radical (unpaired) electrons. The minimum atomic E-state index is -0.740. The zero-order valence-electron chi connectivity index (χ0n) is 9.91. The van der Waals surface area contributed by atoms with E-state index in [4.69, 9.17) is 32.7 Å². The van der Waals surface area contributed by atoms with Crippen molar-refractivity contribution in [2.24, 2.45) is 0 Å². The highest BCUT2D eigenvalue weighted by Crippen LogP contribution is 2.28. The van der Waals surface area contributed by atoms with Crippen molar-refractivity contribution in [1.82, 2.24) is 0 Å². The third-order valence-electron chi connectivity index (χ3n) is 2.06. The van der Waals surface area contributed by atoms with Crippen LogP contribution in [0.5, 0.6) is 0 Å². The monoisotopic (exact) mass is 290 g/mol. The third-order valence-corrected chi connectivity index (χ3v) is 2.62. The molecular weight excluding hydrogens is 279 g/mol. The van der Waals surface area contributed by atoms with Gasteiger partial charge in [-0.2, -0.15) is 0 Å². The summed E-state index contributed by atoms with van der Waals surface area (Å²) in [6.45, 7) is 2.45. The van der Waals surface area contributed by atoms with Crippen LogP contribution in [0, 0.1) is 0 Å². The SMILES string of the molecule is CC(=O)OCC(OC(C)=O)c1ccc(Cl)cc1Cl. The lowest BCUT2D eigenvalue weighted by atomic mass is 10.1. The van der Waals surface area contributed by atoms with Crippen molar-refractivity contribution >= 4 is 35.1 Å². The number of hydrogen-bond acceptors (Lipinski definition) is 4. The van der Waals surface area contributed by atoms with Gasteiger partial charge in [-0.15, -0.1) is 0 Å². The summed E-state index contributed by atoms with van der Waals surface area (Å²) in [4.78, 5) is 21.8. The van der Waals surface area contributed by atoms with Crippen LogP contribution in [0.4, 0.5) is 0 Å². The van der Waals surface area contributed by atoms with Gasteiger partial charge in [-0.05, 0) is 12.1 Å². The molecule has 0 spiro atoms. The summed E-state index contributed by atoms with van der Waals surface area (Å²) < 4.78 is 9.90. The first-order chi connectivity index (χ1) is 8.40. The zero-order valence-corrected chi connectivity index (χ0v) is 11.4. The number of carbonyl (C=O) groups is 2. The molecule has 0 saturated carbocycles. The number of carbonyl (C=O) groups excluding carboxylic acids is 2. The van der Waals surface area contributed by atoms with E-state index >= 15 is 0 Å². The molecule has 0 aliphatic heterocycles. The normalized spacial score (nSPS) is 11.8. The van der Waals surface area contributed by atoms with Gasteiger partial charge in [-0.1, -0.05) is 29.3 Å². The van der Waals surface area contributed by atoms with Crippen LogP contribution in [0.15, 0.2) is 18.2 Å². The number of benzene rings is 1. The number of rotatable bonds is 4. The minimum Gasteiger partial charge on any atom is -0.462 e. The lowest BCUT2D eigenvalue weighted by Gasteiger charge is -2.18. The molecule has 4 nitrogen and oxygen atoms in total. The second-order valence-corrected chi connectivity index (χ2v) is 4.41. The summed E-state index contributed by atoms with van der Waals surface area (Å²) in [5, 5.41) is 0.818. The summed E-state index contributed by atoms with van der Waals surface area (Å²) in [6, 6.07) is 4.78. The Balaban J connectivity index is 2.93. The highest BCUT2D eigenvalue weighted by molar-refractivity contribution is 6.35. The summed E-state index contributed by atoms with van der Waals surface area (Å²) in [7, 11) is 0. The molecule has 0 aromatic heterocycles. The molecule has 0 fully saturated rings. The van der Waals surface area contributed by atoms with Gasteiger partial charge >= 0.3 is 11.9 Å². The van der Waals surface area contributed by atoms with E-state index in [0.717, 1.165) is 0 Å². The van der Waals surface area contributed by atoms with E-state index in [1.54, 1.807) is 12.1 Å². The summed E-state index contributed by atoms with van der Waals surface area (Å²) >= 11 is 11.8. The van der Waals surface area contributed by atoms with Crippen LogP contribution in [-0.4, -0.2) is 18.5 Å². The first-order valence-electron chi connectivity index (χ1n) is 5.15. The lowest BCUT2D eigenvalue weighted by Crippen LogP contribution is -2.16. The lowest BCUT2D eigenvalue weighted by molar-refractivity contribution is -0.156. The van der Waals surface area contributed by atoms with Crippen molar-refractivity contribution in [2.45, 2.75) is 20.0 Å². The van der Waals surface area contributed by atoms with Gasteiger partial charge in [0.05, 0.1) is 0 Å². The van der Waals surface area contributed by atoms with Crippen LogP contribution in [0.3, 0.4) is 0 Å². The van der Waals surface area contributed by atoms with Crippen LogP contribution in [0.2, 0.25) is 10.0 Å². The van der Waals surface area contributed by atoms with E-state index in [2.05, 4.69) is 0 Å². The first-order valence-corrected chi connectivity index (χ1v) is 5.91. The molecule has 0 N–H and O–H groups in total. The van der Waals surface area contributed by atoms with Gasteiger partial charge in [-0.25, -0.2) is 0 Å². The molecule has 0 heterocycles. The van der Waals surface area contributed by atoms with E-state index in [1.807, 2.05) is 0 Å². The zero-order chi connectivity index (χ0) is 13.7. The van der Waals surface area contributed by atoms with Gasteiger partial charge in [0.2, 0.25) is 0 Å². The second-order valence-electron chi connectivity index (χ2n) is 3.57. The average molecular weight is 291 g/mol. The molecule has 1 atom stereocenters. The predicted molar refractivity (Wildman–Crippen MR) is 67.6 cm³/mol. The highest BCUT2D eigenvalue weighted by Gasteiger charge is 2.19. The number of halogens is 2. The maximum absolute atomic E-state index is 11.0. The van der Waals surface area contributed by atoms with E-state index in [9.17, 15) is 9.59 Å². The molecule has 6 heteroatoms. The van der Waals surface area contributed by atoms with Gasteiger partial charge in [-0.3, -0.25) is 9.59 Å². The molecule has 18 heavy (non-hydrogen) atoms. The Morgan fingerprint density at radius 2 is 1.89 bits per heavy atom. The first kappa shape index (κ1) is 14.8. The van der Waals surface area contributed by atoms with E-state index in [-0.39, 0.29) is 6.61 Å². The number of hydrogen-bond donors (Lipinski definition) is 0. The number of esters is 2. The number of ether oxygens (including phenoxy) is 2. The predicted octanol–water partition coefficient (Wildman–Crippen LogP) is 3.16. The summed E-state index contributed by atoms with van der Waals surface area (Å²) in [5.74, 6) is -0.949. The average Bonchev–Trinajstić information content (AvgIpc) is 2.24. The van der Waals surface area contributed by atoms with Gasteiger partial charge < -0.3 is 9.47 Å². The highest BCUT2D eigenvalue weighted by atomic mass is 35.5. The largest absolute Gasteiger partial charge is 0.462 e. The Bertz CT molecular complexity index is 459. The van der Waals surface area contributed by atoms with Gasteiger partial charge in [0.1, 0.15) is 6.61 Å². The van der Waals surface area contributed by atoms with Crippen LogP contribution in [0.25, 0.3) is 0 Å². The second kappa shape index (κ2) is 6.61. The molecule has 0 aliphatic rings. The topological polar surface area (TPSA) is 52.6 Å². The van der Waals surface area contributed by atoms with E-state index in [1.165, 1.54) is 19.9 Å². The van der Waals surface area contributed by atoms with E-state index in [0.29, 0.717) is 15.6 Å². The quantitative estimate of drug-likeness (QED) is 0.800. The maximum Gasteiger partial charge on any atom is 0.303 e. The Morgan fingerprint density at radius 3 is 2.39 bits per heavy atom. The van der Waals surface area contributed by atoms with Crippen molar-refractivity contribution in [3.05, 3.63) is 33.8 Å². The summed E-state index contributed by atoms with van der Waals surface area (Å²) in [6.07, 6.45) is -0.740. The standard InChI is InChI=1S/C12H12Cl2O4/c1-7(15)17-6-12(18-8(2)16)10-4-3-9(13)5-11(10)14/h3-5,12H,6H2,1-2H3. The van der Waals surface area contributed by atoms with Crippen LogP contribution >= 0.6 is 23.2 Å². The molecule has 0 amide bonds. The summed E-state index contributed by atoms with van der Waals surface area (Å²) in [5.41, 5.74) is 0.539.